The Morgan fingerprint density at radius 2 is 1.64 bits per heavy atom. The van der Waals surface area contributed by atoms with Crippen molar-refractivity contribution in [3.8, 4) is 0 Å². The van der Waals surface area contributed by atoms with Crippen molar-refractivity contribution in [3.05, 3.63) is 0 Å². The molecule has 11 nitrogen and oxygen atoms in total. The third-order valence-electron chi connectivity index (χ3n) is 2.71. The van der Waals surface area contributed by atoms with E-state index < -0.39 is 37.2 Å². The van der Waals surface area contributed by atoms with E-state index >= 15 is 0 Å². The number of carbonyl (C=O) groups is 3. The second-order valence-electron chi connectivity index (χ2n) is 4.64. The molecule has 1 saturated heterocycles. The van der Waals surface area contributed by atoms with Crippen LogP contribution in [0.15, 0.2) is 0 Å². The van der Waals surface area contributed by atoms with Gasteiger partial charge in [-0.1, -0.05) is 0 Å². The second-order valence-corrected chi connectivity index (χ2v) is 4.64. The first kappa shape index (κ1) is 29.2. The minimum absolute atomic E-state index is 0. The summed E-state index contributed by atoms with van der Waals surface area (Å²) >= 11 is 0. The van der Waals surface area contributed by atoms with Crippen molar-refractivity contribution in [2.45, 2.75) is 50.1 Å². The average molecular weight is 394 g/mol. The third kappa shape index (κ3) is 18.1. The first-order valence-corrected chi connectivity index (χ1v) is 6.99. The molecular weight excluding hydrogens is 372 g/mol. The number of hydrogen-bond donors (Lipinski definition) is 5. The van der Waals surface area contributed by atoms with Crippen molar-refractivity contribution < 1.29 is 54.9 Å². The van der Waals surface area contributed by atoms with Crippen LogP contribution in [0.4, 0.5) is 4.79 Å². The van der Waals surface area contributed by atoms with Gasteiger partial charge in [-0.25, -0.2) is 0 Å². The van der Waals surface area contributed by atoms with E-state index in [4.69, 9.17) is 45.3 Å². The SMILES string of the molecule is O=C([O-])[O-].O=C1CCCCCO1.O=CC(O)C(O)C(O)C(O)CO.[Ca+2]. The van der Waals surface area contributed by atoms with Crippen LogP contribution in [0.1, 0.15) is 25.7 Å². The zero-order chi connectivity index (χ0) is 19.1. The number of aliphatic hydroxyl groups is 5. The number of cyclic esters (lactones) is 1. The van der Waals surface area contributed by atoms with Crippen LogP contribution in [0.2, 0.25) is 0 Å². The van der Waals surface area contributed by atoms with E-state index in [1.807, 2.05) is 0 Å². The Hall–Kier alpha value is -0.530. The largest absolute Gasteiger partial charge is 2.00 e. The van der Waals surface area contributed by atoms with Crippen molar-refractivity contribution >= 4 is 56.1 Å². The summed E-state index contributed by atoms with van der Waals surface area (Å²) in [6.45, 7) is -0.122. The molecule has 0 aromatic heterocycles. The van der Waals surface area contributed by atoms with Crippen molar-refractivity contribution in [1.82, 2.24) is 0 Å². The number of rotatable bonds is 5. The van der Waals surface area contributed by atoms with Crippen molar-refractivity contribution in [2.24, 2.45) is 0 Å². The molecule has 1 aliphatic heterocycles. The molecule has 1 rings (SSSR count). The van der Waals surface area contributed by atoms with E-state index in [0.717, 1.165) is 19.3 Å². The molecular formula is C13H22CaO11. The van der Waals surface area contributed by atoms with Crippen molar-refractivity contribution in [1.29, 1.82) is 0 Å². The molecule has 0 aliphatic carbocycles. The van der Waals surface area contributed by atoms with Gasteiger partial charge in [0.1, 0.15) is 24.4 Å². The van der Waals surface area contributed by atoms with Gasteiger partial charge in [0.05, 0.1) is 13.2 Å². The van der Waals surface area contributed by atoms with Gasteiger partial charge in [-0.3, -0.25) is 4.79 Å². The van der Waals surface area contributed by atoms with E-state index in [-0.39, 0.29) is 50.0 Å². The van der Waals surface area contributed by atoms with E-state index in [0.29, 0.717) is 13.0 Å². The molecule has 12 heteroatoms. The fourth-order valence-electron chi connectivity index (χ4n) is 1.42. The number of carboxylic acid groups (broad SMARTS) is 2. The Bertz CT molecular complexity index is 352. The summed E-state index contributed by atoms with van der Waals surface area (Å²) in [6.07, 6.45) is -5.34. The fourth-order valence-corrected chi connectivity index (χ4v) is 1.42. The second kappa shape index (κ2) is 18.3. The molecule has 0 aromatic rings. The first-order valence-electron chi connectivity index (χ1n) is 6.99. The van der Waals surface area contributed by atoms with Gasteiger partial charge in [0.2, 0.25) is 0 Å². The Kier molecular flexibility index (Phi) is 21.4. The molecule has 142 valence electrons. The summed E-state index contributed by atoms with van der Waals surface area (Å²) in [7, 11) is 0. The van der Waals surface area contributed by atoms with Gasteiger partial charge in [-0.05, 0) is 25.4 Å². The summed E-state index contributed by atoms with van der Waals surface area (Å²) in [5, 5.41) is 60.2. The van der Waals surface area contributed by atoms with Crippen LogP contribution in [0.25, 0.3) is 0 Å². The van der Waals surface area contributed by atoms with E-state index in [1.54, 1.807) is 0 Å². The topological polar surface area (TPSA) is 208 Å². The molecule has 4 atom stereocenters. The maximum Gasteiger partial charge on any atom is 2.00 e. The molecule has 5 N–H and O–H groups in total. The fraction of sp³-hybridized carbons (Fsp3) is 0.769. The Morgan fingerprint density at radius 3 is 2.08 bits per heavy atom. The van der Waals surface area contributed by atoms with Crippen LogP contribution in [0, 0.1) is 0 Å². The first-order chi connectivity index (χ1) is 11.2. The Balaban J connectivity index is -0.000000321. The van der Waals surface area contributed by atoms with Gasteiger partial charge in [0.15, 0.2) is 6.29 Å². The zero-order valence-corrected chi connectivity index (χ0v) is 15.7. The summed E-state index contributed by atoms with van der Waals surface area (Å²) < 4.78 is 4.76. The van der Waals surface area contributed by atoms with E-state index in [2.05, 4.69) is 0 Å². The normalized spacial score (nSPS) is 18.0. The number of aliphatic hydroxyl groups excluding tert-OH is 5. The molecule has 1 heterocycles. The van der Waals surface area contributed by atoms with Gasteiger partial charge in [-0.15, -0.1) is 0 Å². The van der Waals surface area contributed by atoms with Crippen LogP contribution in [-0.4, -0.2) is 119 Å². The van der Waals surface area contributed by atoms with Gasteiger partial charge in [0.25, 0.3) is 0 Å². The average Bonchev–Trinajstić information content (AvgIpc) is 2.79. The summed E-state index contributed by atoms with van der Waals surface area (Å²) in [5.74, 6) is -0.0255. The molecule has 0 spiro atoms. The van der Waals surface area contributed by atoms with Crippen molar-refractivity contribution in [3.63, 3.8) is 0 Å². The van der Waals surface area contributed by atoms with Crippen LogP contribution in [0.5, 0.6) is 0 Å². The number of aldehydes is 1. The predicted molar refractivity (Wildman–Crippen MR) is 77.8 cm³/mol. The quantitative estimate of drug-likeness (QED) is 0.169. The smallest absolute Gasteiger partial charge is 0.652 e. The molecule has 0 radical (unpaired) electrons. The number of esters is 1. The van der Waals surface area contributed by atoms with E-state index in [1.165, 1.54) is 0 Å². The van der Waals surface area contributed by atoms with Crippen LogP contribution < -0.4 is 10.2 Å². The minimum atomic E-state index is -2.33. The summed E-state index contributed by atoms with van der Waals surface area (Å²) in [6, 6.07) is 0. The molecule has 0 saturated carbocycles. The Labute approximate surface area is 173 Å². The van der Waals surface area contributed by atoms with Crippen LogP contribution >= 0.6 is 0 Å². The van der Waals surface area contributed by atoms with Gasteiger partial charge in [0, 0.05) is 6.42 Å². The molecule has 1 fully saturated rings. The molecule has 0 bridgehead atoms. The number of ether oxygens (including phenoxy) is 1. The van der Waals surface area contributed by atoms with Gasteiger partial charge < -0.3 is 50.1 Å². The van der Waals surface area contributed by atoms with Gasteiger partial charge in [-0.2, -0.15) is 0 Å². The minimum Gasteiger partial charge on any atom is -0.652 e. The maximum absolute atomic E-state index is 10.5. The molecule has 25 heavy (non-hydrogen) atoms. The monoisotopic (exact) mass is 394 g/mol. The predicted octanol–water partition coefficient (Wildman–Crippen LogP) is -5.10. The standard InChI is InChI=1S/C6H12O6.C6H10O2.CH2O3.Ca/c7-1-3(9)5(11)6(12)4(10)2-8;7-6-4-2-1-3-5-8-6;2-1(3)4;/h1,3-6,8-12H,2H2;1-5H2;(H2,2,3,4);/q;;;+2/p-2. The Morgan fingerprint density at radius 1 is 1.12 bits per heavy atom. The van der Waals surface area contributed by atoms with Gasteiger partial charge >= 0.3 is 43.7 Å². The maximum atomic E-state index is 10.5. The summed E-state index contributed by atoms with van der Waals surface area (Å²) in [4.78, 5) is 28.7. The van der Waals surface area contributed by atoms with E-state index in [9.17, 15) is 9.59 Å². The number of hydrogen-bond acceptors (Lipinski definition) is 11. The third-order valence-corrected chi connectivity index (χ3v) is 2.71. The number of carbonyl (C=O) groups excluding carboxylic acids is 3. The summed E-state index contributed by atoms with van der Waals surface area (Å²) in [5.41, 5.74) is 0. The molecule has 4 unspecified atom stereocenters. The van der Waals surface area contributed by atoms with Crippen LogP contribution in [-0.2, 0) is 14.3 Å². The zero-order valence-electron chi connectivity index (χ0n) is 13.5. The molecule has 1 aliphatic rings. The van der Waals surface area contributed by atoms with Crippen molar-refractivity contribution in [2.75, 3.05) is 13.2 Å². The van der Waals surface area contributed by atoms with Crippen LogP contribution in [0.3, 0.4) is 0 Å². The molecule has 0 aromatic carbocycles. The molecule has 0 amide bonds.